The van der Waals surface area contributed by atoms with Crippen LogP contribution in [0.1, 0.15) is 31.0 Å². The van der Waals surface area contributed by atoms with Crippen molar-refractivity contribution in [2.24, 2.45) is 4.99 Å². The molecule has 0 spiro atoms. The van der Waals surface area contributed by atoms with Crippen LogP contribution in [0.4, 0.5) is 5.69 Å². The van der Waals surface area contributed by atoms with Crippen molar-refractivity contribution in [1.82, 2.24) is 4.57 Å². The van der Waals surface area contributed by atoms with E-state index in [4.69, 9.17) is 25.8 Å². The number of nitrogens with zero attached hydrogens (tertiary/aromatic N) is 3. The number of carbonyl (C=O) groups is 1. The molecule has 0 aliphatic carbocycles. The molecular weight excluding hydrogens is 554 g/mol. The molecule has 204 valence electrons. The zero-order valence-electron chi connectivity index (χ0n) is 21.1. The standard InChI is InChI=1S/C25H22ClN3O9S/c1-5-38-24(33)19-11(2)27-25-28(20(19)13-9-14(26)21(30)17(10-13)37-4)23(32)18(39-25)8-12-6-15(29(34)35)22(31)16(7-12)36-3/h6-10,20,30-31H,5H2,1-4H3. The Morgan fingerprint density at radius 1 is 1.21 bits per heavy atom. The summed E-state index contributed by atoms with van der Waals surface area (Å²) in [7, 11) is 2.58. The normalized spacial score (nSPS) is 15.0. The summed E-state index contributed by atoms with van der Waals surface area (Å²) < 4.78 is 16.9. The number of halogens is 1. The van der Waals surface area contributed by atoms with E-state index in [2.05, 4.69) is 4.99 Å². The zero-order chi connectivity index (χ0) is 28.6. The maximum atomic E-state index is 13.8. The molecule has 3 aromatic rings. The number of thiazole rings is 1. The molecule has 0 saturated carbocycles. The molecule has 0 saturated heterocycles. The second kappa shape index (κ2) is 10.8. The third-order valence-electron chi connectivity index (χ3n) is 5.89. The summed E-state index contributed by atoms with van der Waals surface area (Å²) in [5.41, 5.74) is -0.207. The summed E-state index contributed by atoms with van der Waals surface area (Å²) >= 11 is 7.23. The van der Waals surface area contributed by atoms with E-state index in [1.54, 1.807) is 13.8 Å². The fourth-order valence-corrected chi connectivity index (χ4v) is 5.42. The lowest BCUT2D eigenvalue weighted by Gasteiger charge is -2.25. The molecule has 0 radical (unpaired) electrons. The Labute approximate surface area is 229 Å². The van der Waals surface area contributed by atoms with Crippen LogP contribution >= 0.6 is 22.9 Å². The highest BCUT2D eigenvalue weighted by Crippen LogP contribution is 2.40. The second-order valence-electron chi connectivity index (χ2n) is 8.20. The van der Waals surface area contributed by atoms with Crippen LogP contribution < -0.4 is 24.4 Å². The Hall–Kier alpha value is -4.36. The summed E-state index contributed by atoms with van der Waals surface area (Å²) in [6, 6.07) is 4.27. The molecule has 1 aromatic heterocycles. The van der Waals surface area contributed by atoms with Gasteiger partial charge >= 0.3 is 11.7 Å². The van der Waals surface area contributed by atoms with E-state index < -0.39 is 33.9 Å². The van der Waals surface area contributed by atoms with E-state index in [0.29, 0.717) is 11.3 Å². The van der Waals surface area contributed by atoms with E-state index in [1.807, 2.05) is 0 Å². The van der Waals surface area contributed by atoms with Gasteiger partial charge in [0.15, 0.2) is 22.0 Å². The lowest BCUT2D eigenvalue weighted by molar-refractivity contribution is -0.386. The number of fused-ring (bicyclic) bond motifs is 1. The van der Waals surface area contributed by atoms with Gasteiger partial charge < -0.3 is 24.4 Å². The first kappa shape index (κ1) is 27.7. The first-order valence-corrected chi connectivity index (χ1v) is 12.5. The number of ether oxygens (including phenoxy) is 3. The number of benzene rings is 2. The van der Waals surface area contributed by atoms with E-state index in [1.165, 1.54) is 43.1 Å². The number of phenols is 2. The van der Waals surface area contributed by atoms with Crippen LogP contribution in [0, 0.1) is 10.1 Å². The molecular formula is C25H22ClN3O9S. The van der Waals surface area contributed by atoms with E-state index >= 15 is 0 Å². The molecule has 14 heteroatoms. The van der Waals surface area contributed by atoms with Gasteiger partial charge in [-0.15, -0.1) is 0 Å². The van der Waals surface area contributed by atoms with Crippen LogP contribution in [-0.2, 0) is 9.53 Å². The van der Waals surface area contributed by atoms with Crippen molar-refractivity contribution in [3.8, 4) is 23.0 Å². The van der Waals surface area contributed by atoms with Crippen molar-refractivity contribution in [3.63, 3.8) is 0 Å². The van der Waals surface area contributed by atoms with Crippen molar-refractivity contribution in [3.05, 3.63) is 81.5 Å². The third-order valence-corrected chi connectivity index (χ3v) is 7.17. The number of aromatic nitrogens is 1. The molecule has 2 heterocycles. The number of hydrogen-bond acceptors (Lipinski definition) is 11. The van der Waals surface area contributed by atoms with E-state index in [-0.39, 0.29) is 49.3 Å². The number of nitro benzene ring substituents is 1. The number of hydrogen-bond donors (Lipinski definition) is 2. The first-order chi connectivity index (χ1) is 18.5. The van der Waals surface area contributed by atoms with Gasteiger partial charge in [-0.05, 0) is 49.2 Å². The lowest BCUT2D eigenvalue weighted by atomic mass is 9.95. The van der Waals surface area contributed by atoms with Gasteiger partial charge in [0, 0.05) is 6.07 Å². The van der Waals surface area contributed by atoms with Gasteiger partial charge in [-0.25, -0.2) is 9.79 Å². The summed E-state index contributed by atoms with van der Waals surface area (Å²) in [5.74, 6) is -1.76. The Morgan fingerprint density at radius 3 is 2.49 bits per heavy atom. The highest BCUT2D eigenvalue weighted by atomic mass is 35.5. The largest absolute Gasteiger partial charge is 0.503 e. The second-order valence-corrected chi connectivity index (χ2v) is 9.62. The van der Waals surface area contributed by atoms with Crippen LogP contribution in [0.2, 0.25) is 5.02 Å². The molecule has 1 atom stereocenters. The van der Waals surface area contributed by atoms with Crippen molar-refractivity contribution in [2.45, 2.75) is 19.9 Å². The predicted molar refractivity (Wildman–Crippen MR) is 141 cm³/mol. The lowest BCUT2D eigenvalue weighted by Crippen LogP contribution is -2.40. The van der Waals surface area contributed by atoms with Gasteiger partial charge in [-0.3, -0.25) is 19.5 Å². The summed E-state index contributed by atoms with van der Waals surface area (Å²) in [6.45, 7) is 3.32. The predicted octanol–water partition coefficient (Wildman–Crippen LogP) is 2.79. The number of allylic oxidation sites excluding steroid dienone is 1. The maximum Gasteiger partial charge on any atom is 0.338 e. The SMILES string of the molecule is CCOC(=O)C1=C(C)N=c2sc(=Cc3cc(OC)c(O)c([N+](=O)[O-])c3)c(=O)n2C1c1cc(Cl)c(O)c(OC)c1. The smallest absolute Gasteiger partial charge is 0.338 e. The van der Waals surface area contributed by atoms with Crippen LogP contribution in [-0.4, -0.2) is 46.5 Å². The number of phenolic OH excluding ortho intramolecular Hbond substituents is 2. The number of methoxy groups -OCH3 is 2. The fraction of sp³-hybridized carbons (Fsp3) is 0.240. The van der Waals surface area contributed by atoms with Crippen LogP contribution in [0.25, 0.3) is 6.08 Å². The van der Waals surface area contributed by atoms with Gasteiger partial charge in [0.05, 0.1) is 52.6 Å². The quantitative estimate of drug-likeness (QED) is 0.245. The molecule has 2 aromatic carbocycles. The van der Waals surface area contributed by atoms with Gasteiger partial charge in [-0.2, -0.15) is 0 Å². The van der Waals surface area contributed by atoms with Crippen molar-refractivity contribution in [1.29, 1.82) is 0 Å². The number of carbonyl (C=O) groups excluding carboxylic acids is 1. The minimum absolute atomic E-state index is 0.0287. The zero-order valence-corrected chi connectivity index (χ0v) is 22.6. The molecule has 4 rings (SSSR count). The molecule has 12 nitrogen and oxygen atoms in total. The Kier molecular flexibility index (Phi) is 7.65. The van der Waals surface area contributed by atoms with Crippen molar-refractivity contribution in [2.75, 3.05) is 20.8 Å². The molecule has 0 amide bonds. The number of aromatic hydroxyl groups is 2. The molecule has 0 fully saturated rings. The number of rotatable bonds is 7. The van der Waals surface area contributed by atoms with Gasteiger partial charge in [0.25, 0.3) is 5.56 Å². The Balaban J connectivity index is 2.01. The monoisotopic (exact) mass is 575 g/mol. The third kappa shape index (κ3) is 4.93. The highest BCUT2D eigenvalue weighted by Gasteiger charge is 2.34. The molecule has 1 unspecified atom stereocenters. The molecule has 1 aliphatic rings. The number of esters is 1. The van der Waals surface area contributed by atoms with E-state index in [9.17, 15) is 29.9 Å². The van der Waals surface area contributed by atoms with Crippen LogP contribution in [0.15, 0.2) is 45.3 Å². The van der Waals surface area contributed by atoms with Crippen LogP contribution in [0.3, 0.4) is 0 Å². The number of nitro groups is 1. The Bertz CT molecular complexity index is 1730. The summed E-state index contributed by atoms with van der Waals surface area (Å²) in [5, 5.41) is 31.7. The minimum Gasteiger partial charge on any atom is -0.503 e. The topological polar surface area (TPSA) is 163 Å². The van der Waals surface area contributed by atoms with Crippen molar-refractivity contribution >= 4 is 40.7 Å². The molecule has 0 bridgehead atoms. The van der Waals surface area contributed by atoms with Gasteiger partial charge in [0.2, 0.25) is 5.75 Å². The minimum atomic E-state index is -1.04. The van der Waals surface area contributed by atoms with E-state index in [0.717, 1.165) is 17.4 Å². The molecule has 2 N–H and O–H groups in total. The summed E-state index contributed by atoms with van der Waals surface area (Å²) in [6.07, 6.45) is 1.39. The molecule has 39 heavy (non-hydrogen) atoms. The average molecular weight is 576 g/mol. The van der Waals surface area contributed by atoms with Gasteiger partial charge in [0.1, 0.15) is 0 Å². The van der Waals surface area contributed by atoms with Crippen molar-refractivity contribution < 1.29 is 34.1 Å². The van der Waals surface area contributed by atoms with Crippen LogP contribution in [0.5, 0.6) is 23.0 Å². The first-order valence-electron chi connectivity index (χ1n) is 11.3. The highest BCUT2D eigenvalue weighted by molar-refractivity contribution is 7.07. The average Bonchev–Trinajstić information content (AvgIpc) is 3.19. The maximum absolute atomic E-state index is 13.8. The molecule has 1 aliphatic heterocycles. The summed E-state index contributed by atoms with van der Waals surface area (Å²) in [4.78, 5) is 42.2. The fourth-order valence-electron chi connectivity index (χ4n) is 4.16. The van der Waals surface area contributed by atoms with Gasteiger partial charge in [-0.1, -0.05) is 22.9 Å². The Morgan fingerprint density at radius 2 is 1.87 bits per heavy atom.